The molecule has 2 aliphatic rings. The highest BCUT2D eigenvalue weighted by molar-refractivity contribution is 5.06. The number of fused-ring (bicyclic) bond motifs is 2. The van der Waals surface area contributed by atoms with E-state index in [1.807, 2.05) is 0 Å². The first-order valence-corrected chi connectivity index (χ1v) is 7.24. The number of hydrogen-bond donors (Lipinski definition) is 1. The molecule has 1 N–H and O–H groups in total. The third kappa shape index (κ3) is 2.59. The van der Waals surface area contributed by atoms with Crippen LogP contribution in [0.5, 0.6) is 0 Å². The van der Waals surface area contributed by atoms with Crippen molar-refractivity contribution >= 4 is 0 Å². The Balaban J connectivity index is 1.51. The Kier molecular flexibility index (Phi) is 3.66. The molecule has 1 aliphatic carbocycles. The van der Waals surface area contributed by atoms with Gasteiger partial charge < -0.3 is 9.84 Å². The van der Waals surface area contributed by atoms with E-state index in [0.717, 1.165) is 49.5 Å². The van der Waals surface area contributed by atoms with Gasteiger partial charge in [-0.15, -0.1) is 0 Å². The van der Waals surface area contributed by atoms with Crippen molar-refractivity contribution in [2.24, 2.45) is 5.92 Å². The summed E-state index contributed by atoms with van der Waals surface area (Å²) in [4.78, 5) is 2.57. The molecule has 4 nitrogen and oxygen atoms in total. The highest BCUT2D eigenvalue weighted by atomic mass is 16.5. The molecule has 1 saturated carbocycles. The highest BCUT2D eigenvalue weighted by Crippen LogP contribution is 2.38. The molecule has 4 heteroatoms. The van der Waals surface area contributed by atoms with Crippen molar-refractivity contribution in [3.63, 3.8) is 0 Å². The predicted octanol–water partition coefficient (Wildman–Crippen LogP) is 2.16. The summed E-state index contributed by atoms with van der Waals surface area (Å²) in [5.41, 5.74) is 1.03. The minimum atomic E-state index is 0.807. The molecule has 100 valence electrons. The molecular formula is C14H23N3O. The molecule has 3 rings (SSSR count). The average molecular weight is 249 g/mol. The van der Waals surface area contributed by atoms with Crippen molar-refractivity contribution < 1.29 is 4.52 Å². The summed E-state index contributed by atoms with van der Waals surface area (Å²) < 4.78 is 5.43. The van der Waals surface area contributed by atoms with E-state index in [2.05, 4.69) is 28.4 Å². The van der Waals surface area contributed by atoms with Gasteiger partial charge in [-0.25, -0.2) is 0 Å². The van der Waals surface area contributed by atoms with Crippen molar-refractivity contribution in [3.8, 4) is 0 Å². The van der Waals surface area contributed by atoms with Gasteiger partial charge in [0, 0.05) is 25.2 Å². The van der Waals surface area contributed by atoms with Crippen LogP contribution in [0.4, 0.5) is 0 Å². The molecule has 2 unspecified atom stereocenters. The van der Waals surface area contributed by atoms with Gasteiger partial charge in [-0.3, -0.25) is 4.90 Å². The molecule has 1 saturated heterocycles. The first-order chi connectivity index (χ1) is 8.85. The quantitative estimate of drug-likeness (QED) is 0.784. The maximum Gasteiger partial charge on any atom is 0.151 e. The molecule has 0 radical (unpaired) electrons. The first-order valence-electron chi connectivity index (χ1n) is 7.24. The number of nitrogens with zero attached hydrogens (tertiary/aromatic N) is 2. The predicted molar refractivity (Wildman–Crippen MR) is 70.0 cm³/mol. The largest absolute Gasteiger partial charge is 0.360 e. The number of likely N-dealkylation sites (tertiary alicyclic amines) is 1. The maximum absolute atomic E-state index is 5.43. The normalized spacial score (nSPS) is 27.2. The Morgan fingerprint density at radius 2 is 2.44 bits per heavy atom. The lowest BCUT2D eigenvalue weighted by Gasteiger charge is -2.25. The lowest BCUT2D eigenvalue weighted by Crippen LogP contribution is -2.31. The first kappa shape index (κ1) is 12.2. The highest BCUT2D eigenvalue weighted by Gasteiger charge is 2.37. The third-order valence-electron chi connectivity index (χ3n) is 4.22. The van der Waals surface area contributed by atoms with Gasteiger partial charge in [0.05, 0.1) is 12.2 Å². The fourth-order valence-electron chi connectivity index (χ4n) is 3.33. The van der Waals surface area contributed by atoms with E-state index >= 15 is 0 Å². The van der Waals surface area contributed by atoms with Gasteiger partial charge in [0.2, 0.25) is 0 Å². The number of hydrogen-bond acceptors (Lipinski definition) is 4. The molecule has 18 heavy (non-hydrogen) atoms. The zero-order valence-corrected chi connectivity index (χ0v) is 11.2. The van der Waals surface area contributed by atoms with Crippen molar-refractivity contribution in [1.29, 1.82) is 0 Å². The van der Waals surface area contributed by atoms with E-state index in [1.54, 1.807) is 0 Å². The summed E-state index contributed by atoms with van der Waals surface area (Å²) in [5, 5.41) is 7.48. The fourth-order valence-corrected chi connectivity index (χ4v) is 3.33. The monoisotopic (exact) mass is 249 g/mol. The molecule has 1 aliphatic heterocycles. The zero-order valence-electron chi connectivity index (χ0n) is 11.2. The average Bonchev–Trinajstić information content (AvgIpc) is 3.06. The lowest BCUT2D eigenvalue weighted by atomic mass is 10.1. The summed E-state index contributed by atoms with van der Waals surface area (Å²) in [5.74, 6) is 1.97. The Bertz CT molecular complexity index is 390. The van der Waals surface area contributed by atoms with E-state index in [1.165, 1.54) is 25.8 Å². The van der Waals surface area contributed by atoms with Crippen LogP contribution in [-0.2, 0) is 13.1 Å². The van der Waals surface area contributed by atoms with Gasteiger partial charge >= 0.3 is 0 Å². The number of rotatable bonds is 6. The molecule has 2 bridgehead atoms. The van der Waals surface area contributed by atoms with Crippen LogP contribution in [0.3, 0.4) is 0 Å². The van der Waals surface area contributed by atoms with Crippen LogP contribution in [-0.4, -0.2) is 29.2 Å². The van der Waals surface area contributed by atoms with Crippen LogP contribution in [0.15, 0.2) is 10.6 Å². The molecule has 0 spiro atoms. The van der Waals surface area contributed by atoms with Crippen molar-refractivity contribution in [3.05, 3.63) is 17.5 Å². The number of piperidine rings is 1. The van der Waals surface area contributed by atoms with Crippen LogP contribution in [0.2, 0.25) is 0 Å². The summed E-state index contributed by atoms with van der Waals surface area (Å²) >= 11 is 0. The van der Waals surface area contributed by atoms with Gasteiger partial charge in [0.1, 0.15) is 0 Å². The molecule has 1 aromatic heterocycles. The smallest absolute Gasteiger partial charge is 0.151 e. The lowest BCUT2D eigenvalue weighted by molar-refractivity contribution is 0.183. The zero-order chi connectivity index (χ0) is 12.4. The standard InChI is InChI=1S/C14H23N3O/c1-2-5-15-8-12-7-14(18-16-12)10-17-9-11-3-4-13(17)6-11/h7,11,13,15H,2-6,8-10H2,1H3. The maximum atomic E-state index is 5.43. The molecular weight excluding hydrogens is 226 g/mol. The van der Waals surface area contributed by atoms with Crippen LogP contribution in [0, 0.1) is 5.92 Å². The molecule has 2 atom stereocenters. The van der Waals surface area contributed by atoms with E-state index in [0.29, 0.717) is 0 Å². The van der Waals surface area contributed by atoms with E-state index in [4.69, 9.17) is 4.52 Å². The topological polar surface area (TPSA) is 41.3 Å². The van der Waals surface area contributed by atoms with E-state index in [9.17, 15) is 0 Å². The Labute approximate surface area is 109 Å². The second kappa shape index (κ2) is 5.41. The SMILES string of the molecule is CCCNCc1cc(CN2CC3CCC2C3)on1. The minimum Gasteiger partial charge on any atom is -0.360 e. The molecule has 2 fully saturated rings. The summed E-state index contributed by atoms with van der Waals surface area (Å²) in [6.07, 6.45) is 5.37. The van der Waals surface area contributed by atoms with E-state index in [-0.39, 0.29) is 0 Å². The van der Waals surface area contributed by atoms with Crippen molar-refractivity contribution in [2.75, 3.05) is 13.1 Å². The van der Waals surface area contributed by atoms with Gasteiger partial charge in [-0.1, -0.05) is 12.1 Å². The Morgan fingerprint density at radius 1 is 1.50 bits per heavy atom. The second-order valence-electron chi connectivity index (χ2n) is 5.72. The van der Waals surface area contributed by atoms with Crippen LogP contribution >= 0.6 is 0 Å². The summed E-state index contributed by atoms with van der Waals surface area (Å²) in [6.45, 7) is 6.24. The number of nitrogens with one attached hydrogen (secondary N) is 1. The minimum absolute atomic E-state index is 0.807. The summed E-state index contributed by atoms with van der Waals surface area (Å²) in [7, 11) is 0. The summed E-state index contributed by atoms with van der Waals surface area (Å²) in [6, 6.07) is 2.91. The van der Waals surface area contributed by atoms with Crippen LogP contribution in [0.25, 0.3) is 0 Å². The van der Waals surface area contributed by atoms with Gasteiger partial charge in [0.15, 0.2) is 5.76 Å². The molecule has 2 heterocycles. The molecule has 1 aromatic rings. The fraction of sp³-hybridized carbons (Fsp3) is 0.786. The molecule has 0 aromatic carbocycles. The van der Waals surface area contributed by atoms with Gasteiger partial charge in [-0.2, -0.15) is 0 Å². The van der Waals surface area contributed by atoms with E-state index < -0.39 is 0 Å². The molecule has 0 amide bonds. The Hall–Kier alpha value is -0.870. The van der Waals surface area contributed by atoms with Crippen LogP contribution < -0.4 is 5.32 Å². The van der Waals surface area contributed by atoms with Gasteiger partial charge in [-0.05, 0) is 38.1 Å². The third-order valence-corrected chi connectivity index (χ3v) is 4.22. The Morgan fingerprint density at radius 3 is 3.17 bits per heavy atom. The van der Waals surface area contributed by atoms with Crippen molar-refractivity contribution in [1.82, 2.24) is 15.4 Å². The van der Waals surface area contributed by atoms with Gasteiger partial charge in [0.25, 0.3) is 0 Å². The number of aromatic nitrogens is 1. The van der Waals surface area contributed by atoms with Crippen molar-refractivity contribution in [2.45, 2.75) is 51.7 Å². The second-order valence-corrected chi connectivity index (χ2v) is 5.72. The van der Waals surface area contributed by atoms with Crippen LogP contribution in [0.1, 0.15) is 44.1 Å².